The Hall–Kier alpha value is -0.840. The van der Waals surface area contributed by atoms with Crippen LogP contribution in [0.3, 0.4) is 0 Å². The van der Waals surface area contributed by atoms with E-state index in [4.69, 9.17) is 10.2 Å². The second kappa shape index (κ2) is 4.99. The Labute approximate surface area is 96.0 Å². The molecule has 0 spiro atoms. The average Bonchev–Trinajstić information content (AvgIpc) is 2.81. The van der Waals surface area contributed by atoms with E-state index < -0.39 is 5.60 Å². The Bertz CT molecular complexity index is 303. The second-order valence-corrected chi connectivity index (χ2v) is 4.60. The molecule has 0 amide bonds. The summed E-state index contributed by atoms with van der Waals surface area (Å²) in [7, 11) is 0. The van der Waals surface area contributed by atoms with Gasteiger partial charge in [-0.25, -0.2) is 0 Å². The molecule has 0 saturated carbocycles. The van der Waals surface area contributed by atoms with E-state index in [0.717, 1.165) is 44.7 Å². The molecule has 2 rings (SSSR count). The molecule has 1 fully saturated rings. The van der Waals surface area contributed by atoms with Gasteiger partial charge in [-0.05, 0) is 25.0 Å². The van der Waals surface area contributed by atoms with Crippen molar-refractivity contribution in [3.8, 4) is 0 Å². The van der Waals surface area contributed by atoms with E-state index in [-0.39, 0.29) is 0 Å². The Kier molecular flexibility index (Phi) is 3.63. The van der Waals surface area contributed by atoms with E-state index in [1.807, 2.05) is 12.1 Å². The minimum Gasteiger partial charge on any atom is -0.469 e. The van der Waals surface area contributed by atoms with Crippen LogP contribution in [0.25, 0.3) is 0 Å². The molecule has 1 aliphatic rings. The van der Waals surface area contributed by atoms with Crippen LogP contribution in [-0.4, -0.2) is 41.8 Å². The monoisotopic (exact) mass is 224 g/mol. The van der Waals surface area contributed by atoms with Gasteiger partial charge in [0.1, 0.15) is 5.76 Å². The van der Waals surface area contributed by atoms with Crippen LogP contribution >= 0.6 is 0 Å². The number of hydrogen-bond donors (Lipinski definition) is 2. The van der Waals surface area contributed by atoms with E-state index in [1.165, 1.54) is 0 Å². The lowest BCUT2D eigenvalue weighted by Crippen LogP contribution is -2.49. The number of hydrogen-bond acceptors (Lipinski definition) is 4. The highest BCUT2D eigenvalue weighted by Crippen LogP contribution is 2.20. The fraction of sp³-hybridized carbons (Fsp3) is 0.667. The van der Waals surface area contributed by atoms with Crippen molar-refractivity contribution in [1.82, 2.24) is 4.90 Å². The van der Waals surface area contributed by atoms with Crippen molar-refractivity contribution in [2.75, 3.05) is 26.2 Å². The lowest BCUT2D eigenvalue weighted by atomic mass is 9.91. The van der Waals surface area contributed by atoms with Crippen molar-refractivity contribution < 1.29 is 9.52 Å². The van der Waals surface area contributed by atoms with Crippen molar-refractivity contribution in [2.24, 2.45) is 5.73 Å². The van der Waals surface area contributed by atoms with Gasteiger partial charge in [-0.3, -0.25) is 0 Å². The first-order valence-corrected chi connectivity index (χ1v) is 5.89. The standard InChI is InChI=1S/C12H20N2O2/c13-10-12(15)4-7-14(8-5-12)6-3-11-2-1-9-16-11/h1-2,9,15H,3-8,10,13H2. The summed E-state index contributed by atoms with van der Waals surface area (Å²) >= 11 is 0. The lowest BCUT2D eigenvalue weighted by Gasteiger charge is -2.37. The minimum atomic E-state index is -0.624. The van der Waals surface area contributed by atoms with Crippen LogP contribution in [0.5, 0.6) is 0 Å². The van der Waals surface area contributed by atoms with Crippen molar-refractivity contribution in [3.63, 3.8) is 0 Å². The molecule has 4 heteroatoms. The molecule has 1 saturated heterocycles. The fourth-order valence-electron chi connectivity index (χ4n) is 2.12. The summed E-state index contributed by atoms with van der Waals surface area (Å²) in [5, 5.41) is 9.98. The summed E-state index contributed by atoms with van der Waals surface area (Å²) in [5.74, 6) is 1.03. The maximum absolute atomic E-state index is 9.98. The normalized spacial score (nSPS) is 21.1. The quantitative estimate of drug-likeness (QED) is 0.786. The fourth-order valence-corrected chi connectivity index (χ4v) is 2.12. The third-order valence-electron chi connectivity index (χ3n) is 3.42. The predicted octanol–water partition coefficient (Wildman–Crippen LogP) is 0.608. The highest BCUT2D eigenvalue weighted by Gasteiger charge is 2.30. The highest BCUT2D eigenvalue weighted by atomic mass is 16.3. The van der Waals surface area contributed by atoms with Gasteiger partial charge in [0.15, 0.2) is 0 Å². The largest absolute Gasteiger partial charge is 0.469 e. The summed E-state index contributed by atoms with van der Waals surface area (Å²) in [6.45, 7) is 3.22. The summed E-state index contributed by atoms with van der Waals surface area (Å²) in [6.07, 6.45) is 4.20. The molecule has 4 nitrogen and oxygen atoms in total. The average molecular weight is 224 g/mol. The van der Waals surface area contributed by atoms with Crippen LogP contribution in [0.4, 0.5) is 0 Å². The Morgan fingerprint density at radius 2 is 2.19 bits per heavy atom. The molecule has 0 aromatic carbocycles. The molecule has 1 aromatic heterocycles. The zero-order valence-electron chi connectivity index (χ0n) is 9.56. The molecular formula is C12H20N2O2. The van der Waals surface area contributed by atoms with E-state index in [9.17, 15) is 5.11 Å². The third kappa shape index (κ3) is 2.84. The number of nitrogens with two attached hydrogens (primary N) is 1. The minimum absolute atomic E-state index is 0.374. The van der Waals surface area contributed by atoms with Gasteiger partial charge in [0.25, 0.3) is 0 Å². The van der Waals surface area contributed by atoms with E-state index in [2.05, 4.69) is 4.90 Å². The highest BCUT2D eigenvalue weighted by molar-refractivity contribution is 4.99. The maximum Gasteiger partial charge on any atom is 0.105 e. The molecule has 0 bridgehead atoms. The summed E-state index contributed by atoms with van der Waals surface area (Å²) in [5.41, 5.74) is 4.93. The number of furan rings is 1. The first-order chi connectivity index (χ1) is 7.72. The van der Waals surface area contributed by atoms with E-state index in [0.29, 0.717) is 6.54 Å². The third-order valence-corrected chi connectivity index (χ3v) is 3.42. The lowest BCUT2D eigenvalue weighted by molar-refractivity contribution is -0.0132. The number of nitrogens with zero attached hydrogens (tertiary/aromatic N) is 1. The van der Waals surface area contributed by atoms with Crippen LogP contribution in [0.15, 0.2) is 22.8 Å². The number of piperidine rings is 1. The molecule has 90 valence electrons. The van der Waals surface area contributed by atoms with Crippen molar-refractivity contribution in [2.45, 2.75) is 24.9 Å². The van der Waals surface area contributed by atoms with E-state index in [1.54, 1.807) is 6.26 Å². The SMILES string of the molecule is NCC1(O)CCN(CCc2ccco2)CC1. The summed E-state index contributed by atoms with van der Waals surface area (Å²) in [6, 6.07) is 3.92. The van der Waals surface area contributed by atoms with Gasteiger partial charge in [-0.2, -0.15) is 0 Å². The van der Waals surface area contributed by atoms with Gasteiger partial charge < -0.3 is 20.2 Å². The van der Waals surface area contributed by atoms with E-state index >= 15 is 0 Å². The topological polar surface area (TPSA) is 62.6 Å². The molecule has 0 unspecified atom stereocenters. The molecule has 0 atom stereocenters. The van der Waals surface area contributed by atoms with Gasteiger partial charge in [0.05, 0.1) is 11.9 Å². The molecule has 0 radical (unpaired) electrons. The molecule has 3 N–H and O–H groups in total. The predicted molar refractivity (Wildman–Crippen MR) is 62.1 cm³/mol. The van der Waals surface area contributed by atoms with Crippen LogP contribution < -0.4 is 5.73 Å². The molecular weight excluding hydrogens is 204 g/mol. The number of aliphatic hydroxyl groups is 1. The first-order valence-electron chi connectivity index (χ1n) is 5.89. The van der Waals surface area contributed by atoms with Crippen molar-refractivity contribution in [3.05, 3.63) is 24.2 Å². The zero-order chi connectivity index (χ0) is 11.4. The first kappa shape index (κ1) is 11.6. The van der Waals surface area contributed by atoms with Gasteiger partial charge in [-0.1, -0.05) is 0 Å². The van der Waals surface area contributed by atoms with Gasteiger partial charge in [0, 0.05) is 32.6 Å². The van der Waals surface area contributed by atoms with Crippen LogP contribution in [0.1, 0.15) is 18.6 Å². The summed E-state index contributed by atoms with van der Waals surface area (Å²) in [4.78, 5) is 2.35. The Morgan fingerprint density at radius 1 is 1.44 bits per heavy atom. The molecule has 1 aliphatic heterocycles. The molecule has 1 aromatic rings. The molecule has 2 heterocycles. The van der Waals surface area contributed by atoms with Gasteiger partial charge in [0.2, 0.25) is 0 Å². The Balaban J connectivity index is 1.73. The van der Waals surface area contributed by atoms with Crippen molar-refractivity contribution in [1.29, 1.82) is 0 Å². The second-order valence-electron chi connectivity index (χ2n) is 4.60. The number of likely N-dealkylation sites (tertiary alicyclic amines) is 1. The van der Waals surface area contributed by atoms with Gasteiger partial charge in [-0.15, -0.1) is 0 Å². The smallest absolute Gasteiger partial charge is 0.105 e. The summed E-state index contributed by atoms with van der Waals surface area (Å²) < 4.78 is 5.29. The Morgan fingerprint density at radius 3 is 2.75 bits per heavy atom. The van der Waals surface area contributed by atoms with Crippen molar-refractivity contribution >= 4 is 0 Å². The molecule has 0 aliphatic carbocycles. The number of rotatable bonds is 4. The van der Waals surface area contributed by atoms with Crippen LogP contribution in [0.2, 0.25) is 0 Å². The van der Waals surface area contributed by atoms with Crippen LogP contribution in [0, 0.1) is 0 Å². The van der Waals surface area contributed by atoms with Gasteiger partial charge >= 0.3 is 0 Å². The molecule has 16 heavy (non-hydrogen) atoms. The maximum atomic E-state index is 9.98. The zero-order valence-corrected chi connectivity index (χ0v) is 9.56. The van der Waals surface area contributed by atoms with Crippen LogP contribution in [-0.2, 0) is 6.42 Å².